The second-order valence-electron chi connectivity index (χ2n) is 9.31. The molecule has 2 aliphatic rings. The Bertz CT molecular complexity index is 1360. The SMILES string of the molecule is CN1C2Cn3cc(C(=O)NCc4ccc(F)cc4)c(=O)c(O)c3C(=O)N2CC[C@@H]1Cc1ccccc1. The van der Waals surface area contributed by atoms with Crippen molar-refractivity contribution in [2.75, 3.05) is 13.6 Å². The van der Waals surface area contributed by atoms with Gasteiger partial charge < -0.3 is 19.9 Å². The average molecular weight is 491 g/mol. The minimum Gasteiger partial charge on any atom is -0.503 e. The van der Waals surface area contributed by atoms with Crippen LogP contribution in [-0.2, 0) is 19.5 Å². The number of carbonyl (C=O) groups excluding carboxylic acids is 2. The van der Waals surface area contributed by atoms with Crippen molar-refractivity contribution in [3.8, 4) is 5.75 Å². The van der Waals surface area contributed by atoms with E-state index in [-0.39, 0.29) is 35.8 Å². The molecule has 0 bridgehead atoms. The van der Waals surface area contributed by atoms with Gasteiger partial charge in [0.15, 0.2) is 11.4 Å². The molecule has 3 heterocycles. The Hall–Kier alpha value is -3.98. The molecule has 0 radical (unpaired) electrons. The van der Waals surface area contributed by atoms with Crippen LogP contribution in [0, 0.1) is 5.82 Å². The number of nitrogens with zero attached hydrogens (tertiary/aromatic N) is 3. The fourth-order valence-electron chi connectivity index (χ4n) is 5.07. The molecule has 36 heavy (non-hydrogen) atoms. The van der Waals surface area contributed by atoms with Gasteiger partial charge in [-0.15, -0.1) is 0 Å². The van der Waals surface area contributed by atoms with Crippen molar-refractivity contribution in [2.45, 2.75) is 38.1 Å². The standard InChI is InChI=1S/C27H27FN4O4/c1-30-20(13-17-5-3-2-4-6-17)11-12-32-22(30)16-31-15-21(24(33)25(34)23(31)27(32)36)26(35)29-14-18-7-9-19(28)10-8-18/h2-10,15,20,22,34H,11-14,16H2,1H3,(H,29,35)/t20-,22?/m1/s1. The first-order chi connectivity index (χ1) is 17.3. The van der Waals surface area contributed by atoms with Crippen LogP contribution < -0.4 is 10.7 Å². The van der Waals surface area contributed by atoms with E-state index < -0.39 is 23.0 Å². The number of pyridine rings is 1. The maximum atomic E-state index is 13.3. The summed E-state index contributed by atoms with van der Waals surface area (Å²) in [6, 6.07) is 16.0. The second kappa shape index (κ2) is 9.58. The molecule has 1 unspecified atom stereocenters. The van der Waals surface area contributed by atoms with E-state index in [0.29, 0.717) is 18.7 Å². The largest absolute Gasteiger partial charge is 0.503 e. The zero-order valence-corrected chi connectivity index (χ0v) is 19.9. The predicted octanol–water partition coefficient (Wildman–Crippen LogP) is 2.35. The number of nitrogens with one attached hydrogen (secondary N) is 1. The van der Waals surface area contributed by atoms with Gasteiger partial charge in [0.05, 0.1) is 6.54 Å². The summed E-state index contributed by atoms with van der Waals surface area (Å²) in [6.45, 7) is 0.911. The van der Waals surface area contributed by atoms with E-state index in [1.165, 1.54) is 40.6 Å². The van der Waals surface area contributed by atoms with E-state index in [1.807, 2.05) is 25.2 Å². The number of hydrogen-bond donors (Lipinski definition) is 2. The van der Waals surface area contributed by atoms with Crippen LogP contribution in [-0.4, -0.2) is 57.1 Å². The lowest BCUT2D eigenvalue weighted by Gasteiger charge is -2.49. The highest BCUT2D eigenvalue weighted by Crippen LogP contribution is 2.30. The number of fused-ring (bicyclic) bond motifs is 2. The van der Waals surface area contributed by atoms with E-state index in [0.717, 1.165) is 12.8 Å². The number of amides is 2. The topological polar surface area (TPSA) is 94.9 Å². The zero-order valence-electron chi connectivity index (χ0n) is 19.9. The molecule has 0 spiro atoms. The van der Waals surface area contributed by atoms with Crippen LogP contribution in [0.5, 0.6) is 5.75 Å². The maximum absolute atomic E-state index is 13.3. The molecule has 186 valence electrons. The van der Waals surface area contributed by atoms with Gasteiger partial charge in [-0.05, 0) is 43.1 Å². The molecule has 2 atom stereocenters. The van der Waals surface area contributed by atoms with Gasteiger partial charge in [0.1, 0.15) is 17.5 Å². The molecule has 1 saturated heterocycles. The van der Waals surface area contributed by atoms with Gasteiger partial charge in [-0.2, -0.15) is 0 Å². The van der Waals surface area contributed by atoms with Crippen LogP contribution in [0.25, 0.3) is 0 Å². The summed E-state index contributed by atoms with van der Waals surface area (Å²) in [5.41, 5.74) is 0.634. The Morgan fingerprint density at radius 2 is 1.81 bits per heavy atom. The Labute approximate surface area is 207 Å². The van der Waals surface area contributed by atoms with Crippen molar-refractivity contribution in [3.63, 3.8) is 0 Å². The van der Waals surface area contributed by atoms with Gasteiger partial charge >= 0.3 is 0 Å². The maximum Gasteiger partial charge on any atom is 0.275 e. The Balaban J connectivity index is 1.38. The second-order valence-corrected chi connectivity index (χ2v) is 9.31. The lowest BCUT2D eigenvalue weighted by atomic mass is 9.97. The minimum atomic E-state index is -0.892. The number of hydrogen-bond acceptors (Lipinski definition) is 5. The highest BCUT2D eigenvalue weighted by molar-refractivity contribution is 5.99. The van der Waals surface area contributed by atoms with E-state index in [1.54, 1.807) is 4.90 Å². The van der Waals surface area contributed by atoms with Crippen LogP contribution in [0.3, 0.4) is 0 Å². The predicted molar refractivity (Wildman–Crippen MR) is 131 cm³/mol. The third-order valence-corrected chi connectivity index (χ3v) is 7.11. The molecule has 8 nitrogen and oxygen atoms in total. The van der Waals surface area contributed by atoms with Crippen LogP contribution in [0.15, 0.2) is 65.6 Å². The summed E-state index contributed by atoms with van der Waals surface area (Å²) in [5.74, 6) is -2.21. The van der Waals surface area contributed by atoms with Crippen molar-refractivity contribution >= 4 is 11.8 Å². The van der Waals surface area contributed by atoms with Gasteiger partial charge in [0.25, 0.3) is 11.8 Å². The number of carbonyl (C=O) groups is 2. The average Bonchev–Trinajstić information content (AvgIpc) is 2.88. The van der Waals surface area contributed by atoms with Gasteiger partial charge in [-0.3, -0.25) is 19.3 Å². The Kier molecular flexibility index (Phi) is 6.32. The number of benzene rings is 2. The molecule has 3 aromatic rings. The van der Waals surface area contributed by atoms with Crippen LogP contribution in [0.4, 0.5) is 4.39 Å². The molecule has 1 fully saturated rings. The highest BCUT2D eigenvalue weighted by Gasteiger charge is 2.42. The highest BCUT2D eigenvalue weighted by atomic mass is 19.1. The fraction of sp³-hybridized carbons (Fsp3) is 0.296. The first-order valence-corrected chi connectivity index (χ1v) is 11.9. The van der Waals surface area contributed by atoms with Crippen molar-refractivity contribution in [2.24, 2.45) is 0 Å². The molecule has 5 rings (SSSR count). The third kappa shape index (κ3) is 4.37. The fourth-order valence-corrected chi connectivity index (χ4v) is 5.07. The number of halogens is 1. The molecular weight excluding hydrogens is 463 g/mol. The summed E-state index contributed by atoms with van der Waals surface area (Å²) in [7, 11) is 1.97. The van der Waals surface area contributed by atoms with Crippen LogP contribution >= 0.6 is 0 Å². The number of aromatic hydroxyl groups is 1. The molecule has 0 saturated carbocycles. The third-order valence-electron chi connectivity index (χ3n) is 7.11. The van der Waals surface area contributed by atoms with Gasteiger partial charge in [0.2, 0.25) is 5.43 Å². The lowest BCUT2D eigenvalue weighted by molar-refractivity contribution is -0.0239. The normalized spacial score (nSPS) is 19.5. The zero-order chi connectivity index (χ0) is 25.4. The van der Waals surface area contributed by atoms with Gasteiger partial charge in [-0.1, -0.05) is 42.5 Å². The van der Waals surface area contributed by atoms with E-state index in [4.69, 9.17) is 0 Å². The molecule has 9 heteroatoms. The summed E-state index contributed by atoms with van der Waals surface area (Å²) < 4.78 is 14.6. The summed E-state index contributed by atoms with van der Waals surface area (Å²) in [6.07, 6.45) is 2.68. The number of likely N-dealkylation sites (N-methyl/N-ethyl adjacent to an activating group) is 1. The van der Waals surface area contributed by atoms with E-state index in [9.17, 15) is 23.9 Å². The van der Waals surface area contributed by atoms with Crippen molar-refractivity contribution in [1.82, 2.24) is 19.7 Å². The summed E-state index contributed by atoms with van der Waals surface area (Å²) in [4.78, 5) is 42.8. The van der Waals surface area contributed by atoms with Gasteiger partial charge in [-0.25, -0.2) is 4.39 Å². The van der Waals surface area contributed by atoms with Gasteiger partial charge in [0, 0.05) is 25.3 Å². The molecule has 1 aromatic heterocycles. The van der Waals surface area contributed by atoms with Crippen molar-refractivity contribution in [1.29, 1.82) is 0 Å². The summed E-state index contributed by atoms with van der Waals surface area (Å²) in [5, 5.41) is 13.3. The molecule has 0 aliphatic carbocycles. The van der Waals surface area contributed by atoms with Crippen LogP contribution in [0.2, 0.25) is 0 Å². The molecule has 2 aromatic carbocycles. The van der Waals surface area contributed by atoms with Crippen LogP contribution in [0.1, 0.15) is 38.4 Å². The quantitative estimate of drug-likeness (QED) is 0.573. The molecular formula is C27H27FN4O4. The number of rotatable bonds is 5. The Morgan fingerprint density at radius 1 is 1.08 bits per heavy atom. The molecule has 2 N–H and O–H groups in total. The van der Waals surface area contributed by atoms with E-state index >= 15 is 0 Å². The number of aromatic nitrogens is 1. The van der Waals surface area contributed by atoms with Crippen molar-refractivity contribution < 1.29 is 19.1 Å². The first-order valence-electron chi connectivity index (χ1n) is 11.9. The summed E-state index contributed by atoms with van der Waals surface area (Å²) >= 11 is 0. The monoisotopic (exact) mass is 490 g/mol. The lowest BCUT2D eigenvalue weighted by Crippen LogP contribution is -2.63. The Morgan fingerprint density at radius 3 is 2.53 bits per heavy atom. The minimum absolute atomic E-state index is 0.0836. The smallest absolute Gasteiger partial charge is 0.275 e. The molecule has 2 amide bonds. The first kappa shape index (κ1) is 23.7. The molecule has 2 aliphatic heterocycles. The van der Waals surface area contributed by atoms with E-state index in [2.05, 4.69) is 22.3 Å². The van der Waals surface area contributed by atoms with Crippen molar-refractivity contribution in [3.05, 3.63) is 99.2 Å².